The van der Waals surface area contributed by atoms with Crippen molar-refractivity contribution in [3.8, 4) is 0 Å². The van der Waals surface area contributed by atoms with Gasteiger partial charge >= 0.3 is 0 Å². The summed E-state index contributed by atoms with van der Waals surface area (Å²) in [6.45, 7) is 2.14. The molecule has 0 amide bonds. The second kappa shape index (κ2) is 6.74. The van der Waals surface area contributed by atoms with E-state index in [1.807, 2.05) is 0 Å². The van der Waals surface area contributed by atoms with E-state index < -0.39 is 10.0 Å². The molecular formula is C11H16ClN3O3S. The number of halogens is 1. The topological polar surface area (TPSA) is 96.0 Å². The number of sulfonamides is 1. The summed E-state index contributed by atoms with van der Waals surface area (Å²) in [4.78, 5) is 0.126. The molecule has 0 saturated carbocycles. The van der Waals surface area contributed by atoms with E-state index in [1.165, 1.54) is 16.4 Å². The van der Waals surface area contributed by atoms with Crippen molar-refractivity contribution in [3.05, 3.63) is 29.3 Å². The van der Waals surface area contributed by atoms with Crippen molar-refractivity contribution in [2.24, 2.45) is 10.9 Å². The van der Waals surface area contributed by atoms with Crippen molar-refractivity contribution in [1.29, 1.82) is 0 Å². The molecule has 0 heterocycles. The largest absolute Gasteiger partial charge is 0.409 e. The Morgan fingerprint density at radius 3 is 2.74 bits per heavy atom. The van der Waals surface area contributed by atoms with Gasteiger partial charge in [-0.3, -0.25) is 0 Å². The Kier molecular flexibility index (Phi) is 5.59. The molecular weight excluding hydrogens is 290 g/mol. The zero-order valence-electron chi connectivity index (χ0n) is 10.5. The fourth-order valence-electron chi connectivity index (χ4n) is 1.51. The van der Waals surface area contributed by atoms with Crippen molar-refractivity contribution in [2.75, 3.05) is 13.1 Å². The van der Waals surface area contributed by atoms with E-state index in [-0.39, 0.29) is 30.2 Å². The Balaban J connectivity index is 2.96. The minimum Gasteiger partial charge on any atom is -0.409 e. The molecule has 6 nitrogen and oxygen atoms in total. The van der Waals surface area contributed by atoms with Gasteiger partial charge in [0.15, 0.2) is 0 Å². The molecule has 19 heavy (non-hydrogen) atoms. The summed E-state index contributed by atoms with van der Waals surface area (Å²) in [5.41, 5.74) is 5.34. The van der Waals surface area contributed by atoms with Crippen LogP contribution >= 0.6 is 11.6 Å². The SMILES string of the molecule is CCN(CC/C(N)=N/O)S(=O)(=O)c1cccc(Cl)c1. The van der Waals surface area contributed by atoms with Gasteiger partial charge in [-0.1, -0.05) is 29.7 Å². The van der Waals surface area contributed by atoms with Crippen LogP contribution in [0.1, 0.15) is 13.3 Å². The molecule has 0 atom stereocenters. The van der Waals surface area contributed by atoms with Crippen molar-refractivity contribution >= 4 is 27.5 Å². The lowest BCUT2D eigenvalue weighted by Crippen LogP contribution is -2.34. The normalized spacial score (nSPS) is 12.9. The lowest BCUT2D eigenvalue weighted by atomic mass is 10.4. The first kappa shape index (κ1) is 15.7. The van der Waals surface area contributed by atoms with Crippen LogP contribution in [0.3, 0.4) is 0 Å². The first-order valence-electron chi connectivity index (χ1n) is 5.64. The summed E-state index contributed by atoms with van der Waals surface area (Å²) in [6, 6.07) is 6.05. The maximum absolute atomic E-state index is 12.3. The van der Waals surface area contributed by atoms with Crippen LogP contribution < -0.4 is 5.73 Å². The van der Waals surface area contributed by atoms with Gasteiger partial charge in [0, 0.05) is 24.5 Å². The molecule has 8 heteroatoms. The lowest BCUT2D eigenvalue weighted by Gasteiger charge is -2.20. The maximum Gasteiger partial charge on any atom is 0.243 e. The van der Waals surface area contributed by atoms with Gasteiger partial charge in [-0.25, -0.2) is 8.42 Å². The van der Waals surface area contributed by atoms with E-state index in [1.54, 1.807) is 19.1 Å². The monoisotopic (exact) mass is 305 g/mol. The molecule has 0 radical (unpaired) electrons. The molecule has 0 spiro atoms. The molecule has 0 saturated heterocycles. The number of oxime groups is 1. The summed E-state index contributed by atoms with van der Waals surface area (Å²) in [5.74, 6) is -0.0141. The van der Waals surface area contributed by atoms with Crippen LogP contribution in [0.2, 0.25) is 5.02 Å². The Bertz CT molecular complexity index is 560. The van der Waals surface area contributed by atoms with Gasteiger partial charge in [0.05, 0.1) is 4.90 Å². The predicted molar refractivity (Wildman–Crippen MR) is 73.9 cm³/mol. The van der Waals surface area contributed by atoms with Gasteiger partial charge in [-0.05, 0) is 18.2 Å². The maximum atomic E-state index is 12.3. The highest BCUT2D eigenvalue weighted by molar-refractivity contribution is 7.89. The Morgan fingerprint density at radius 1 is 1.53 bits per heavy atom. The summed E-state index contributed by atoms with van der Waals surface area (Å²) in [5, 5.41) is 11.6. The van der Waals surface area contributed by atoms with Crippen molar-refractivity contribution < 1.29 is 13.6 Å². The molecule has 0 aliphatic carbocycles. The molecule has 0 aromatic heterocycles. The smallest absolute Gasteiger partial charge is 0.243 e. The average molecular weight is 306 g/mol. The Morgan fingerprint density at radius 2 is 2.21 bits per heavy atom. The third-order valence-electron chi connectivity index (χ3n) is 2.53. The second-order valence-electron chi connectivity index (χ2n) is 3.80. The van der Waals surface area contributed by atoms with Crippen LogP contribution in [0, 0.1) is 0 Å². The number of hydrogen-bond donors (Lipinski definition) is 2. The van der Waals surface area contributed by atoms with Crippen molar-refractivity contribution in [1.82, 2.24) is 4.31 Å². The highest BCUT2D eigenvalue weighted by Crippen LogP contribution is 2.19. The van der Waals surface area contributed by atoms with Gasteiger partial charge in [-0.2, -0.15) is 4.31 Å². The van der Waals surface area contributed by atoms with Crippen LogP contribution in [-0.2, 0) is 10.0 Å². The molecule has 0 fully saturated rings. The Labute approximate surface area is 117 Å². The average Bonchev–Trinajstić information content (AvgIpc) is 2.38. The summed E-state index contributed by atoms with van der Waals surface area (Å²) in [6.07, 6.45) is 0.157. The second-order valence-corrected chi connectivity index (χ2v) is 6.17. The van der Waals surface area contributed by atoms with Gasteiger partial charge in [-0.15, -0.1) is 0 Å². The van der Waals surface area contributed by atoms with Gasteiger partial charge in [0.2, 0.25) is 10.0 Å². The van der Waals surface area contributed by atoms with E-state index in [0.717, 1.165) is 0 Å². The minimum atomic E-state index is -3.62. The molecule has 1 aromatic rings. The molecule has 0 aliphatic heterocycles. The number of hydrogen-bond acceptors (Lipinski definition) is 4. The van der Waals surface area contributed by atoms with Gasteiger partial charge < -0.3 is 10.9 Å². The van der Waals surface area contributed by atoms with E-state index in [4.69, 9.17) is 22.5 Å². The van der Waals surface area contributed by atoms with Crippen LogP contribution in [-0.4, -0.2) is 36.9 Å². The van der Waals surface area contributed by atoms with E-state index >= 15 is 0 Å². The zero-order valence-corrected chi connectivity index (χ0v) is 12.0. The van der Waals surface area contributed by atoms with Crippen LogP contribution in [0.15, 0.2) is 34.3 Å². The first-order valence-corrected chi connectivity index (χ1v) is 7.45. The summed E-state index contributed by atoms with van der Waals surface area (Å²) in [7, 11) is -3.62. The first-order chi connectivity index (χ1) is 8.91. The van der Waals surface area contributed by atoms with Crippen LogP contribution in [0.5, 0.6) is 0 Å². The van der Waals surface area contributed by atoms with Crippen LogP contribution in [0.25, 0.3) is 0 Å². The molecule has 3 N–H and O–H groups in total. The van der Waals surface area contributed by atoms with E-state index in [2.05, 4.69) is 5.16 Å². The minimum absolute atomic E-state index is 0.0141. The van der Waals surface area contributed by atoms with E-state index in [0.29, 0.717) is 5.02 Å². The molecule has 0 bridgehead atoms. The number of rotatable bonds is 6. The third-order valence-corrected chi connectivity index (χ3v) is 4.74. The molecule has 1 aromatic carbocycles. The number of nitrogens with zero attached hydrogens (tertiary/aromatic N) is 2. The lowest BCUT2D eigenvalue weighted by molar-refractivity contribution is 0.315. The Hall–Kier alpha value is -1.31. The summed E-state index contributed by atoms with van der Waals surface area (Å²) >= 11 is 5.79. The number of amidine groups is 1. The van der Waals surface area contributed by atoms with Gasteiger partial charge in [0.1, 0.15) is 5.84 Å². The predicted octanol–water partition coefficient (Wildman–Crippen LogP) is 1.49. The third kappa shape index (κ3) is 4.09. The molecule has 1 rings (SSSR count). The number of nitrogens with two attached hydrogens (primary N) is 1. The molecule has 0 unspecified atom stereocenters. The standard InChI is InChI=1S/C11H16ClN3O3S/c1-2-15(7-6-11(13)14-16)19(17,18)10-5-3-4-9(12)8-10/h3-5,8,16H,2,6-7H2,1H3,(H2,13,14). The van der Waals surface area contributed by atoms with Crippen molar-refractivity contribution in [3.63, 3.8) is 0 Å². The van der Waals surface area contributed by atoms with E-state index in [9.17, 15) is 8.42 Å². The fourth-order valence-corrected chi connectivity index (χ4v) is 3.27. The summed E-state index contributed by atoms with van der Waals surface area (Å²) < 4.78 is 25.9. The van der Waals surface area contributed by atoms with Gasteiger partial charge in [0.25, 0.3) is 0 Å². The van der Waals surface area contributed by atoms with Crippen LogP contribution in [0.4, 0.5) is 0 Å². The fraction of sp³-hybridized carbons (Fsp3) is 0.364. The number of benzene rings is 1. The quantitative estimate of drug-likeness (QED) is 0.360. The zero-order chi connectivity index (χ0) is 14.5. The van der Waals surface area contributed by atoms with Crippen molar-refractivity contribution in [2.45, 2.75) is 18.2 Å². The molecule has 0 aliphatic rings. The highest BCUT2D eigenvalue weighted by Gasteiger charge is 2.23. The molecule has 106 valence electrons. The highest BCUT2D eigenvalue weighted by atomic mass is 35.5.